The lowest BCUT2D eigenvalue weighted by Gasteiger charge is -2.13. The van der Waals surface area contributed by atoms with Crippen molar-refractivity contribution in [3.05, 3.63) is 88.1 Å². The Kier molecular flexibility index (Phi) is 6.24. The average molecular weight is 452 g/mol. The lowest BCUT2D eigenvalue weighted by atomic mass is 9.96. The van der Waals surface area contributed by atoms with Crippen molar-refractivity contribution >= 4 is 10.9 Å². The van der Waals surface area contributed by atoms with Crippen molar-refractivity contribution in [3.63, 3.8) is 0 Å². The second-order valence-electron chi connectivity index (χ2n) is 8.73. The molecule has 0 fully saturated rings. The molecule has 2 nitrogen and oxygen atoms in total. The molecule has 1 heterocycles. The SMILES string of the molecule is Cc1cc(C)c(C)c(OCCCc2c[nH]c3c(-c4ccc(C(F)(F)F)cc4C)cccc23)c1. The Morgan fingerprint density at radius 3 is 2.39 bits per heavy atom. The molecule has 0 aliphatic heterocycles. The van der Waals surface area contributed by atoms with E-state index in [2.05, 4.69) is 44.0 Å². The molecule has 0 unspecified atom stereocenters. The number of rotatable bonds is 6. The van der Waals surface area contributed by atoms with E-state index in [9.17, 15) is 13.2 Å². The monoisotopic (exact) mass is 451 g/mol. The van der Waals surface area contributed by atoms with Crippen LogP contribution in [0.4, 0.5) is 13.2 Å². The Hall–Kier alpha value is -3.21. The van der Waals surface area contributed by atoms with Crippen LogP contribution in [0.1, 0.15) is 39.8 Å². The van der Waals surface area contributed by atoms with E-state index >= 15 is 0 Å². The van der Waals surface area contributed by atoms with Gasteiger partial charge in [0.05, 0.1) is 17.7 Å². The first-order valence-corrected chi connectivity index (χ1v) is 11.1. The third kappa shape index (κ3) is 4.77. The zero-order chi connectivity index (χ0) is 23.8. The van der Waals surface area contributed by atoms with Gasteiger partial charge in [0, 0.05) is 17.1 Å². The summed E-state index contributed by atoms with van der Waals surface area (Å²) in [5, 5.41) is 1.09. The molecule has 0 spiro atoms. The minimum atomic E-state index is -4.34. The molecule has 0 amide bonds. The largest absolute Gasteiger partial charge is 0.493 e. The van der Waals surface area contributed by atoms with Crippen molar-refractivity contribution < 1.29 is 17.9 Å². The normalized spacial score (nSPS) is 11.8. The van der Waals surface area contributed by atoms with Gasteiger partial charge in [-0.05, 0) is 92.1 Å². The third-order valence-corrected chi connectivity index (χ3v) is 6.26. The second kappa shape index (κ2) is 8.97. The molecule has 4 aromatic rings. The number of H-pyrrole nitrogens is 1. The van der Waals surface area contributed by atoms with Gasteiger partial charge in [-0.2, -0.15) is 13.2 Å². The van der Waals surface area contributed by atoms with Gasteiger partial charge in [0.1, 0.15) is 5.75 Å². The van der Waals surface area contributed by atoms with Crippen LogP contribution in [0.25, 0.3) is 22.0 Å². The number of para-hydroxylation sites is 1. The maximum atomic E-state index is 13.1. The molecular weight excluding hydrogens is 423 g/mol. The van der Waals surface area contributed by atoms with Crippen LogP contribution in [-0.2, 0) is 12.6 Å². The summed E-state index contributed by atoms with van der Waals surface area (Å²) >= 11 is 0. The second-order valence-corrected chi connectivity index (χ2v) is 8.73. The van der Waals surface area contributed by atoms with Crippen molar-refractivity contribution in [1.29, 1.82) is 0 Å². The van der Waals surface area contributed by atoms with Gasteiger partial charge >= 0.3 is 6.18 Å². The van der Waals surface area contributed by atoms with E-state index in [0.717, 1.165) is 46.7 Å². The summed E-state index contributed by atoms with van der Waals surface area (Å²) in [6, 6.07) is 14.1. The summed E-state index contributed by atoms with van der Waals surface area (Å²) in [6.07, 6.45) is -0.634. The predicted molar refractivity (Wildman–Crippen MR) is 128 cm³/mol. The molecule has 0 radical (unpaired) electrons. The number of fused-ring (bicyclic) bond motifs is 1. The minimum absolute atomic E-state index is 0.602. The molecule has 1 aromatic heterocycles. The Morgan fingerprint density at radius 1 is 0.879 bits per heavy atom. The standard InChI is InChI=1S/C28H28F3NO/c1-17-13-18(2)20(4)26(14-17)33-12-6-7-21-16-32-27-24(21)8-5-9-25(27)23-11-10-22(15-19(23)3)28(29,30)31/h5,8-11,13-16,32H,6-7,12H2,1-4H3. The van der Waals surface area contributed by atoms with Crippen LogP contribution < -0.4 is 4.74 Å². The molecule has 5 heteroatoms. The maximum absolute atomic E-state index is 13.1. The first kappa shape index (κ1) is 23.0. The van der Waals surface area contributed by atoms with E-state index in [1.165, 1.54) is 28.3 Å². The summed E-state index contributed by atoms with van der Waals surface area (Å²) in [6.45, 7) is 8.58. The molecule has 4 rings (SSSR count). The molecule has 3 aromatic carbocycles. The Labute approximate surface area is 192 Å². The molecule has 0 aliphatic carbocycles. The fourth-order valence-electron chi connectivity index (χ4n) is 4.38. The number of benzene rings is 3. The Bertz CT molecular complexity index is 1300. The summed E-state index contributed by atoms with van der Waals surface area (Å²) in [7, 11) is 0. The van der Waals surface area contributed by atoms with Crippen LogP contribution in [0, 0.1) is 27.7 Å². The van der Waals surface area contributed by atoms with Gasteiger partial charge in [0.15, 0.2) is 0 Å². The maximum Gasteiger partial charge on any atom is 0.416 e. The quantitative estimate of drug-likeness (QED) is 0.294. The summed E-state index contributed by atoms with van der Waals surface area (Å²) in [5.41, 5.74) is 7.40. The molecule has 0 saturated heterocycles. The Balaban J connectivity index is 1.51. The van der Waals surface area contributed by atoms with Crippen molar-refractivity contribution in [2.45, 2.75) is 46.7 Å². The molecule has 0 atom stereocenters. The van der Waals surface area contributed by atoms with E-state index in [1.54, 1.807) is 13.0 Å². The fourth-order valence-corrected chi connectivity index (χ4v) is 4.38. The zero-order valence-electron chi connectivity index (χ0n) is 19.4. The fraction of sp³-hybridized carbons (Fsp3) is 0.286. The number of ether oxygens (including phenoxy) is 1. The number of halogens is 3. The van der Waals surface area contributed by atoms with Crippen molar-refractivity contribution in [1.82, 2.24) is 4.98 Å². The van der Waals surface area contributed by atoms with Gasteiger partial charge in [0.2, 0.25) is 0 Å². The minimum Gasteiger partial charge on any atom is -0.493 e. The van der Waals surface area contributed by atoms with Crippen LogP contribution >= 0.6 is 0 Å². The van der Waals surface area contributed by atoms with Gasteiger partial charge in [-0.3, -0.25) is 0 Å². The number of aromatic nitrogens is 1. The third-order valence-electron chi connectivity index (χ3n) is 6.26. The van der Waals surface area contributed by atoms with E-state index in [-0.39, 0.29) is 0 Å². The predicted octanol–water partition coefficient (Wildman–Crippen LogP) is 8.10. The van der Waals surface area contributed by atoms with E-state index in [0.29, 0.717) is 12.2 Å². The van der Waals surface area contributed by atoms with Crippen LogP contribution in [0.2, 0.25) is 0 Å². The number of aromatic amines is 1. The van der Waals surface area contributed by atoms with Crippen LogP contribution in [0.15, 0.2) is 54.7 Å². The van der Waals surface area contributed by atoms with Crippen LogP contribution in [0.3, 0.4) is 0 Å². The van der Waals surface area contributed by atoms with Crippen molar-refractivity contribution in [2.24, 2.45) is 0 Å². The van der Waals surface area contributed by atoms with Gasteiger partial charge in [-0.15, -0.1) is 0 Å². The Morgan fingerprint density at radius 2 is 1.67 bits per heavy atom. The van der Waals surface area contributed by atoms with Gasteiger partial charge in [-0.25, -0.2) is 0 Å². The molecule has 0 bridgehead atoms. The first-order chi connectivity index (χ1) is 15.6. The molecule has 0 aliphatic rings. The molecule has 1 N–H and O–H groups in total. The number of aryl methyl sites for hydroxylation is 4. The lowest BCUT2D eigenvalue weighted by Crippen LogP contribution is -2.05. The van der Waals surface area contributed by atoms with Crippen LogP contribution in [-0.4, -0.2) is 11.6 Å². The summed E-state index contributed by atoms with van der Waals surface area (Å²) in [5.74, 6) is 0.937. The van der Waals surface area contributed by atoms with E-state index < -0.39 is 11.7 Å². The zero-order valence-corrected chi connectivity index (χ0v) is 19.4. The highest BCUT2D eigenvalue weighted by Crippen LogP contribution is 2.36. The van der Waals surface area contributed by atoms with Crippen molar-refractivity contribution in [2.75, 3.05) is 6.61 Å². The van der Waals surface area contributed by atoms with E-state index in [1.807, 2.05) is 18.3 Å². The van der Waals surface area contributed by atoms with Gasteiger partial charge in [-0.1, -0.05) is 30.3 Å². The average Bonchev–Trinajstić information content (AvgIpc) is 3.17. The highest BCUT2D eigenvalue weighted by molar-refractivity contribution is 5.96. The number of alkyl halides is 3. The van der Waals surface area contributed by atoms with Crippen LogP contribution in [0.5, 0.6) is 5.75 Å². The molecule has 172 valence electrons. The first-order valence-electron chi connectivity index (χ1n) is 11.1. The smallest absolute Gasteiger partial charge is 0.416 e. The molecule has 33 heavy (non-hydrogen) atoms. The molecular formula is C28H28F3NO. The van der Waals surface area contributed by atoms with Gasteiger partial charge < -0.3 is 9.72 Å². The lowest BCUT2D eigenvalue weighted by molar-refractivity contribution is -0.137. The number of hydrogen-bond donors (Lipinski definition) is 1. The highest BCUT2D eigenvalue weighted by atomic mass is 19.4. The summed E-state index contributed by atoms with van der Waals surface area (Å²) < 4.78 is 45.2. The highest BCUT2D eigenvalue weighted by Gasteiger charge is 2.30. The summed E-state index contributed by atoms with van der Waals surface area (Å²) in [4.78, 5) is 3.35. The van der Waals surface area contributed by atoms with E-state index in [4.69, 9.17) is 4.74 Å². The topological polar surface area (TPSA) is 25.0 Å². The molecule has 0 saturated carbocycles. The van der Waals surface area contributed by atoms with Gasteiger partial charge in [0.25, 0.3) is 0 Å². The number of nitrogens with one attached hydrogen (secondary N) is 1. The van der Waals surface area contributed by atoms with Crippen molar-refractivity contribution in [3.8, 4) is 16.9 Å². The number of hydrogen-bond acceptors (Lipinski definition) is 1.